The van der Waals surface area contributed by atoms with Crippen LogP contribution in [0.4, 0.5) is 0 Å². The van der Waals surface area contributed by atoms with Crippen molar-refractivity contribution in [1.82, 2.24) is 0 Å². The van der Waals surface area contributed by atoms with Gasteiger partial charge in [-0.2, -0.15) is 0 Å². The largest absolute Gasteiger partial charge is 0.144 e. The molecule has 0 nitrogen and oxygen atoms in total. The van der Waals surface area contributed by atoms with Gasteiger partial charge in [0.15, 0.2) is 0 Å². The number of rotatable bonds is 1. The van der Waals surface area contributed by atoms with Crippen molar-refractivity contribution in [2.24, 2.45) is 0 Å². The van der Waals surface area contributed by atoms with Crippen LogP contribution in [0.1, 0.15) is 0 Å². The summed E-state index contributed by atoms with van der Waals surface area (Å²) >= 11 is 5.53. The van der Waals surface area contributed by atoms with E-state index in [1.165, 1.54) is 56.7 Å². The first-order valence-electron chi connectivity index (χ1n) is 8.54. The molecule has 0 aliphatic rings. The molecule has 124 valence electrons. The summed E-state index contributed by atoms with van der Waals surface area (Å²) in [5, 5.41) is 12.9. The highest BCUT2D eigenvalue weighted by atomic mass is 32.2. The van der Waals surface area contributed by atoms with Crippen LogP contribution in [-0.4, -0.2) is 6.26 Å². The third kappa shape index (κ3) is 2.08. The first-order chi connectivity index (χ1) is 12.8. The SMILES string of the molecule is CSc1cc2cc3c(ccc4c5cc6ccsc6cc5ccc34)cc2s1. The molecule has 3 heteroatoms. The Labute approximate surface area is 163 Å². The fourth-order valence-corrected chi connectivity index (χ4v) is 6.43. The van der Waals surface area contributed by atoms with Crippen LogP contribution in [0.2, 0.25) is 0 Å². The smallest absolute Gasteiger partial charge is 0.0608 e. The number of hydrogen-bond acceptors (Lipinski definition) is 3. The number of fused-ring (bicyclic) bond motifs is 7. The average Bonchev–Trinajstić information content (AvgIpc) is 3.29. The lowest BCUT2D eigenvalue weighted by Gasteiger charge is -2.08. The van der Waals surface area contributed by atoms with Crippen molar-refractivity contribution < 1.29 is 0 Å². The Morgan fingerprint density at radius 3 is 2.04 bits per heavy atom. The number of thioether (sulfide) groups is 1. The Bertz CT molecular complexity index is 1470. The van der Waals surface area contributed by atoms with Gasteiger partial charge in [0, 0.05) is 9.40 Å². The third-order valence-corrected chi connectivity index (χ3v) is 8.26. The van der Waals surface area contributed by atoms with Gasteiger partial charge in [-0.05, 0) is 91.1 Å². The number of hydrogen-bond donors (Lipinski definition) is 0. The van der Waals surface area contributed by atoms with Crippen molar-refractivity contribution in [2.45, 2.75) is 4.21 Å². The minimum atomic E-state index is 1.33. The molecular weight excluding hydrogens is 372 g/mol. The zero-order chi connectivity index (χ0) is 17.3. The summed E-state index contributed by atoms with van der Waals surface area (Å²) < 4.78 is 4.12. The fourth-order valence-electron chi connectivity index (χ4n) is 3.94. The van der Waals surface area contributed by atoms with Gasteiger partial charge in [0.2, 0.25) is 0 Å². The maximum Gasteiger partial charge on any atom is 0.0608 e. The minimum Gasteiger partial charge on any atom is -0.144 e. The van der Waals surface area contributed by atoms with E-state index in [4.69, 9.17) is 0 Å². The highest BCUT2D eigenvalue weighted by molar-refractivity contribution is 8.00. The first-order valence-corrected chi connectivity index (χ1v) is 11.5. The third-order valence-electron chi connectivity index (χ3n) is 5.22. The zero-order valence-electron chi connectivity index (χ0n) is 14.1. The Hall–Kier alpha value is -2.07. The molecule has 6 aromatic rings. The van der Waals surface area contributed by atoms with E-state index < -0.39 is 0 Å². The quantitative estimate of drug-likeness (QED) is 0.202. The van der Waals surface area contributed by atoms with Gasteiger partial charge in [0.25, 0.3) is 0 Å². The van der Waals surface area contributed by atoms with Crippen molar-refractivity contribution in [3.8, 4) is 0 Å². The van der Waals surface area contributed by atoms with Crippen molar-refractivity contribution in [1.29, 1.82) is 0 Å². The minimum absolute atomic E-state index is 1.33. The molecule has 0 saturated carbocycles. The summed E-state index contributed by atoms with van der Waals surface area (Å²) in [5.41, 5.74) is 0. The van der Waals surface area contributed by atoms with E-state index in [-0.39, 0.29) is 0 Å². The average molecular weight is 387 g/mol. The van der Waals surface area contributed by atoms with Gasteiger partial charge in [0.1, 0.15) is 0 Å². The summed E-state index contributed by atoms with van der Waals surface area (Å²) in [7, 11) is 0. The second-order valence-electron chi connectivity index (χ2n) is 6.64. The predicted octanol–water partition coefficient (Wildman–Crippen LogP) is 8.30. The molecule has 0 fully saturated rings. The fraction of sp³-hybridized carbons (Fsp3) is 0.0435. The van der Waals surface area contributed by atoms with Crippen molar-refractivity contribution in [3.63, 3.8) is 0 Å². The lowest BCUT2D eigenvalue weighted by molar-refractivity contribution is 1.78. The molecule has 26 heavy (non-hydrogen) atoms. The van der Waals surface area contributed by atoms with Gasteiger partial charge < -0.3 is 0 Å². The van der Waals surface area contributed by atoms with Crippen LogP contribution in [0.5, 0.6) is 0 Å². The summed E-state index contributed by atoms with van der Waals surface area (Å²) in [6.07, 6.45) is 2.15. The Balaban J connectivity index is 1.77. The molecule has 0 aliphatic heterocycles. The molecule has 0 radical (unpaired) electrons. The van der Waals surface area contributed by atoms with Crippen LogP contribution in [-0.2, 0) is 0 Å². The van der Waals surface area contributed by atoms with E-state index in [0.717, 1.165) is 0 Å². The Kier molecular flexibility index (Phi) is 3.16. The molecule has 0 spiro atoms. The zero-order valence-corrected chi connectivity index (χ0v) is 16.5. The van der Waals surface area contributed by atoms with Crippen molar-refractivity contribution in [3.05, 3.63) is 66.0 Å². The van der Waals surface area contributed by atoms with Gasteiger partial charge in [0.05, 0.1) is 4.21 Å². The van der Waals surface area contributed by atoms with Gasteiger partial charge >= 0.3 is 0 Å². The van der Waals surface area contributed by atoms with Gasteiger partial charge in [-0.25, -0.2) is 0 Å². The van der Waals surface area contributed by atoms with Gasteiger partial charge in [-0.3, -0.25) is 0 Å². The second kappa shape index (κ2) is 5.46. The Morgan fingerprint density at radius 1 is 0.615 bits per heavy atom. The molecule has 2 heterocycles. The molecule has 0 N–H and O–H groups in total. The van der Waals surface area contributed by atoms with Crippen LogP contribution in [0.15, 0.2) is 70.3 Å². The van der Waals surface area contributed by atoms with Crippen LogP contribution >= 0.6 is 34.4 Å². The van der Waals surface area contributed by atoms with E-state index in [0.29, 0.717) is 0 Å². The maximum atomic E-state index is 2.37. The van der Waals surface area contributed by atoms with E-state index >= 15 is 0 Å². The molecular formula is C23H14S3. The molecule has 0 saturated heterocycles. The van der Waals surface area contributed by atoms with Crippen molar-refractivity contribution >= 4 is 86.9 Å². The molecule has 0 unspecified atom stereocenters. The predicted molar refractivity (Wildman–Crippen MR) is 122 cm³/mol. The van der Waals surface area contributed by atoms with Gasteiger partial charge in [-0.15, -0.1) is 34.4 Å². The summed E-state index contributed by atoms with van der Waals surface area (Å²) in [6, 6.07) is 23.1. The summed E-state index contributed by atoms with van der Waals surface area (Å²) in [4.78, 5) is 0. The maximum absolute atomic E-state index is 2.37. The van der Waals surface area contributed by atoms with Crippen LogP contribution in [0.3, 0.4) is 0 Å². The highest BCUT2D eigenvalue weighted by Gasteiger charge is 2.09. The number of thiophene rings is 2. The Morgan fingerprint density at radius 2 is 1.31 bits per heavy atom. The molecule has 0 amide bonds. The van der Waals surface area contributed by atoms with E-state index in [2.05, 4.69) is 72.3 Å². The lowest BCUT2D eigenvalue weighted by Crippen LogP contribution is -1.81. The molecule has 2 aromatic heterocycles. The monoisotopic (exact) mass is 386 g/mol. The van der Waals surface area contributed by atoms with Gasteiger partial charge in [-0.1, -0.05) is 24.3 Å². The van der Waals surface area contributed by atoms with E-state index in [1.54, 1.807) is 0 Å². The van der Waals surface area contributed by atoms with E-state index in [9.17, 15) is 0 Å². The molecule has 4 aromatic carbocycles. The summed E-state index contributed by atoms with van der Waals surface area (Å²) in [5.74, 6) is 0. The highest BCUT2D eigenvalue weighted by Crippen LogP contribution is 2.38. The molecule has 0 bridgehead atoms. The standard InChI is InChI=1S/C23H14S3/c1-24-23-12-16-9-20-14(11-22(16)26-23)3-5-17-18(20)4-2-13-10-21-15(6-7-25-21)8-19(13)17/h2-12H,1H3. The topological polar surface area (TPSA) is 0 Å². The second-order valence-corrected chi connectivity index (χ2v) is 9.78. The lowest BCUT2D eigenvalue weighted by atomic mass is 9.96. The molecule has 0 atom stereocenters. The number of benzene rings is 4. The first kappa shape index (κ1) is 15.0. The molecule has 0 aliphatic carbocycles. The van der Waals surface area contributed by atoms with Crippen LogP contribution in [0.25, 0.3) is 52.5 Å². The molecule has 6 rings (SSSR count). The van der Waals surface area contributed by atoms with Crippen molar-refractivity contribution in [2.75, 3.05) is 6.26 Å². The van der Waals surface area contributed by atoms with Crippen LogP contribution < -0.4 is 0 Å². The summed E-state index contributed by atoms with van der Waals surface area (Å²) in [6.45, 7) is 0. The van der Waals surface area contributed by atoms with E-state index in [1.807, 2.05) is 34.4 Å². The normalized spacial score (nSPS) is 12.2. The van der Waals surface area contributed by atoms with Crippen LogP contribution in [0, 0.1) is 0 Å².